The highest BCUT2D eigenvalue weighted by Gasteiger charge is 2.49. The molecule has 5 N–H and O–H groups in total. The normalized spacial score (nSPS) is 29.5. The molecule has 6 atom stereocenters. The van der Waals surface area contributed by atoms with Crippen LogP contribution in [0.2, 0.25) is 0 Å². The van der Waals surface area contributed by atoms with Gasteiger partial charge in [0.05, 0.1) is 18.9 Å². The highest BCUT2D eigenvalue weighted by molar-refractivity contribution is 5.97. The summed E-state index contributed by atoms with van der Waals surface area (Å²) in [6.07, 6.45) is 21.8. The molecule has 4 bridgehead atoms. The van der Waals surface area contributed by atoms with Gasteiger partial charge in [0.1, 0.15) is 11.7 Å². The van der Waals surface area contributed by atoms with E-state index in [0.29, 0.717) is 67.5 Å². The number of aliphatic imine (C=N–C) groups is 1. The van der Waals surface area contributed by atoms with Crippen LogP contribution in [0.5, 0.6) is 23.0 Å². The molecular weight excluding hydrogens is 769 g/mol. The van der Waals surface area contributed by atoms with E-state index in [1.807, 2.05) is 25.3 Å². The molecule has 2 aliphatic heterocycles. The first-order valence-electron chi connectivity index (χ1n) is 22.7. The van der Waals surface area contributed by atoms with Crippen LogP contribution >= 0.6 is 0 Å². The number of methoxy groups -OCH3 is 1. The molecule has 6 aliphatic rings. The summed E-state index contributed by atoms with van der Waals surface area (Å²) < 4.78 is 25.3. The summed E-state index contributed by atoms with van der Waals surface area (Å²) in [5.41, 5.74) is 1.30. The predicted octanol–water partition coefficient (Wildman–Crippen LogP) is 7.88. The van der Waals surface area contributed by atoms with Gasteiger partial charge in [0.25, 0.3) is 0 Å². The van der Waals surface area contributed by atoms with Crippen LogP contribution in [0.15, 0.2) is 47.5 Å². The van der Waals surface area contributed by atoms with Gasteiger partial charge >= 0.3 is 0 Å². The summed E-state index contributed by atoms with van der Waals surface area (Å²) in [5, 5.41) is 31.7. The summed E-state index contributed by atoms with van der Waals surface area (Å²) >= 11 is 0. The fourth-order valence-electron chi connectivity index (χ4n) is 11.8. The number of nitrogens with zero attached hydrogens (tertiary/aromatic N) is 1. The molecule has 11 heteroatoms. The van der Waals surface area contributed by atoms with E-state index < -0.39 is 17.3 Å². The first-order valence-corrected chi connectivity index (χ1v) is 22.7. The molecule has 2 heterocycles. The number of allylic oxidation sites excluding steroid dienone is 2. The van der Waals surface area contributed by atoms with Gasteiger partial charge in [0, 0.05) is 44.3 Å². The quantitative estimate of drug-likeness (QED) is 0.125. The smallest absolute Gasteiger partial charge is 0.207 e. The Balaban J connectivity index is 1.16. The summed E-state index contributed by atoms with van der Waals surface area (Å²) in [7, 11) is 5.23. The molecule has 326 valence electrons. The number of ketones is 1. The van der Waals surface area contributed by atoms with Crippen LogP contribution in [0, 0.1) is 47.2 Å². The van der Waals surface area contributed by atoms with E-state index in [9.17, 15) is 15.0 Å². The molecule has 2 aromatic carbocycles. The molecule has 4 saturated carbocycles. The maximum atomic E-state index is 14.7. The van der Waals surface area contributed by atoms with Crippen LogP contribution in [-0.4, -0.2) is 67.7 Å². The number of phenols is 1. The van der Waals surface area contributed by atoms with E-state index in [-0.39, 0.29) is 40.8 Å². The largest absolute Gasteiger partial charge is 0.504 e. The SMILES string of the molecule is CN=C1NC#CCC2CCCC2(Cc2ccc(O)c(OC)c2)C(=O)C=CCC2(CCCC2)c2cc(c3c(c2)OC2(CNC)CC(CC#CO3)C(CC(O)OC3CCCC3)C2)N1. The van der Waals surface area contributed by atoms with Gasteiger partial charge in [-0.05, 0) is 136 Å². The number of aromatic hydroxyl groups is 1. The van der Waals surface area contributed by atoms with E-state index in [0.717, 1.165) is 94.6 Å². The molecule has 11 nitrogen and oxygen atoms in total. The Labute approximate surface area is 361 Å². The zero-order valence-electron chi connectivity index (χ0n) is 36.2. The summed E-state index contributed by atoms with van der Waals surface area (Å²) in [4.78, 5) is 19.3. The average Bonchev–Trinajstić information content (AvgIpc) is 4.08. The molecule has 6 unspecified atom stereocenters. The number of hydrogen-bond acceptors (Lipinski definition) is 9. The van der Waals surface area contributed by atoms with Crippen LogP contribution in [0.25, 0.3) is 0 Å². The number of likely N-dealkylation sites (N-methyl/N-ethyl adjacent to an activating group) is 1. The maximum absolute atomic E-state index is 14.7. The summed E-state index contributed by atoms with van der Waals surface area (Å²) in [5.74, 6) is 9.28. The average molecular weight is 833 g/mol. The number of nitrogens with one attached hydrogen (secondary N) is 3. The van der Waals surface area contributed by atoms with E-state index in [2.05, 4.69) is 63.1 Å². The van der Waals surface area contributed by atoms with E-state index in [1.165, 1.54) is 0 Å². The lowest BCUT2D eigenvalue weighted by atomic mass is 9.68. The maximum Gasteiger partial charge on any atom is 0.207 e. The van der Waals surface area contributed by atoms with Crippen LogP contribution in [0.4, 0.5) is 5.69 Å². The van der Waals surface area contributed by atoms with Crippen LogP contribution in [-0.2, 0) is 21.4 Å². The lowest BCUT2D eigenvalue weighted by molar-refractivity contribution is -0.145. The Bertz CT molecular complexity index is 2100. The fraction of sp³-hybridized carbons (Fsp3) is 0.600. The number of hydrogen-bond donors (Lipinski definition) is 5. The van der Waals surface area contributed by atoms with Gasteiger partial charge in [-0.1, -0.05) is 56.1 Å². The van der Waals surface area contributed by atoms with E-state index >= 15 is 0 Å². The fourth-order valence-corrected chi connectivity index (χ4v) is 11.8. The lowest BCUT2D eigenvalue weighted by Crippen LogP contribution is -2.43. The van der Waals surface area contributed by atoms with E-state index in [4.69, 9.17) is 18.9 Å². The number of aliphatic hydroxyl groups excluding tert-OH is 1. The van der Waals surface area contributed by atoms with Gasteiger partial charge < -0.3 is 39.8 Å². The van der Waals surface area contributed by atoms with Gasteiger partial charge in [-0.3, -0.25) is 15.1 Å². The monoisotopic (exact) mass is 832 g/mol. The molecule has 4 fully saturated rings. The Hall–Kier alpha value is -4.68. The molecule has 1 spiro atoms. The van der Waals surface area contributed by atoms with Gasteiger partial charge in [-0.15, -0.1) is 0 Å². The van der Waals surface area contributed by atoms with Crippen molar-refractivity contribution in [2.24, 2.45) is 28.2 Å². The van der Waals surface area contributed by atoms with Crippen molar-refractivity contribution in [3.63, 3.8) is 0 Å². The first-order chi connectivity index (χ1) is 29.7. The third-order valence-electron chi connectivity index (χ3n) is 14.8. The van der Waals surface area contributed by atoms with Crippen LogP contribution in [0.3, 0.4) is 0 Å². The Kier molecular flexibility index (Phi) is 13.2. The molecular formula is C50H64N4O7. The van der Waals surface area contributed by atoms with Gasteiger partial charge in [-0.25, -0.2) is 0 Å². The second-order valence-corrected chi connectivity index (χ2v) is 18.6. The van der Waals surface area contributed by atoms with Crippen molar-refractivity contribution in [3.8, 4) is 47.0 Å². The number of aliphatic hydroxyl groups is 1. The van der Waals surface area contributed by atoms with Crippen molar-refractivity contribution in [3.05, 3.63) is 53.6 Å². The topological polar surface area (TPSA) is 143 Å². The summed E-state index contributed by atoms with van der Waals surface area (Å²) in [6, 6.07) is 12.9. The van der Waals surface area contributed by atoms with Gasteiger partial charge in [0.2, 0.25) is 11.7 Å². The number of carbonyl (C=O) groups excluding carboxylic acids is 1. The van der Waals surface area contributed by atoms with Crippen LogP contribution in [0.1, 0.15) is 120 Å². The molecule has 4 aliphatic carbocycles. The number of phenolic OH excluding ortho intramolecular Hbond substituents is 1. The number of fused-ring (bicyclic) bond motifs is 8. The first kappa shape index (κ1) is 43.0. The van der Waals surface area contributed by atoms with Crippen LogP contribution < -0.4 is 30.2 Å². The Morgan fingerprint density at radius 1 is 1.03 bits per heavy atom. The highest BCUT2D eigenvalue weighted by atomic mass is 16.6. The molecule has 8 rings (SSSR count). The number of guanidine groups is 1. The molecule has 0 radical (unpaired) electrons. The predicted molar refractivity (Wildman–Crippen MR) is 236 cm³/mol. The minimum Gasteiger partial charge on any atom is -0.504 e. The Morgan fingerprint density at radius 3 is 2.66 bits per heavy atom. The zero-order chi connectivity index (χ0) is 42.5. The number of rotatable bonds is 9. The Morgan fingerprint density at radius 2 is 1.87 bits per heavy atom. The lowest BCUT2D eigenvalue weighted by Gasteiger charge is -2.35. The minimum absolute atomic E-state index is 0.0504. The third kappa shape index (κ3) is 9.26. The second kappa shape index (κ2) is 18.7. The van der Waals surface area contributed by atoms with Crippen molar-refractivity contribution < 1.29 is 34.0 Å². The molecule has 2 aromatic rings. The van der Waals surface area contributed by atoms with Crippen molar-refractivity contribution >= 4 is 17.4 Å². The second-order valence-electron chi connectivity index (χ2n) is 18.6. The number of carbonyl (C=O) groups is 1. The number of benzene rings is 2. The summed E-state index contributed by atoms with van der Waals surface area (Å²) in [6.45, 7) is 0.619. The van der Waals surface area contributed by atoms with Crippen molar-refractivity contribution in [2.75, 3.05) is 33.1 Å². The zero-order valence-corrected chi connectivity index (χ0v) is 36.2. The van der Waals surface area contributed by atoms with Crippen molar-refractivity contribution in [1.82, 2.24) is 10.6 Å². The third-order valence-corrected chi connectivity index (χ3v) is 14.8. The van der Waals surface area contributed by atoms with Gasteiger partial charge in [-0.2, -0.15) is 0 Å². The molecule has 0 aromatic heterocycles. The number of ether oxygens (including phenoxy) is 4. The standard InChI is InChI=1S/C50H64N4O7/c1-51-33-49-31-35(36(32-49)27-45(57)60-39-15-4-5-16-39)12-11-25-59-46-40-28-38(29-43(46)61-49)48(20-6-7-21-48)22-9-17-44(56)50(30-34-18-19-41(55)42(26-34)58-3)23-8-13-37(50)14-10-24-53-47(52-2)54-40/h9,17-19,26,28-29,35-37,39,45,51,55,57H,4-8,12-16,20-23,27,30-33H2,1-3H3,(H2,52,53,54). The van der Waals surface area contributed by atoms with E-state index in [1.54, 1.807) is 20.2 Å². The highest BCUT2D eigenvalue weighted by Crippen LogP contribution is 2.53. The molecule has 0 amide bonds. The van der Waals surface area contributed by atoms with Crippen molar-refractivity contribution in [1.29, 1.82) is 0 Å². The molecule has 0 saturated heterocycles. The van der Waals surface area contributed by atoms with Gasteiger partial charge in [0.15, 0.2) is 29.3 Å². The number of anilines is 1. The minimum atomic E-state index is -0.819. The molecule has 61 heavy (non-hydrogen) atoms. The van der Waals surface area contributed by atoms with Crippen molar-refractivity contribution in [2.45, 2.75) is 139 Å².